The smallest absolute Gasteiger partial charge is 0.326 e. The van der Waals surface area contributed by atoms with Gasteiger partial charge in [-0.25, -0.2) is 0 Å². The molecular formula is C22H24F3N2O2S2+. The monoisotopic (exact) mass is 469 g/mol. The van der Waals surface area contributed by atoms with Gasteiger partial charge in [0.2, 0.25) is 0 Å². The average molecular weight is 470 g/mol. The van der Waals surface area contributed by atoms with E-state index >= 15 is 0 Å². The Hall–Kier alpha value is -2.07. The van der Waals surface area contributed by atoms with Gasteiger partial charge in [0, 0.05) is 29.1 Å². The third-order valence-electron chi connectivity index (χ3n) is 5.08. The van der Waals surface area contributed by atoms with Gasteiger partial charge in [-0.15, -0.1) is 11.8 Å². The number of hydrogen-bond donors (Lipinski definition) is 1. The Morgan fingerprint density at radius 3 is 2.42 bits per heavy atom. The standard InChI is InChI=1S/C22H24F3N2O2S2/c1-30-21-9-7-17(8-10-21)12-18-4-2-6-20(13-18)27(11-3-5-19(14-26)15-27)31(28,29)16-22(23,24)25/h2-10,13,15H,11-12,14,16,26H2,1H3/q+1. The van der Waals surface area contributed by atoms with Crippen LogP contribution in [0.5, 0.6) is 0 Å². The van der Waals surface area contributed by atoms with Crippen molar-refractivity contribution < 1.29 is 21.6 Å². The molecule has 0 bridgehead atoms. The van der Waals surface area contributed by atoms with Crippen LogP contribution in [-0.4, -0.2) is 39.7 Å². The van der Waals surface area contributed by atoms with Crippen molar-refractivity contribution in [2.75, 3.05) is 25.1 Å². The summed E-state index contributed by atoms with van der Waals surface area (Å²) in [5.74, 6) is -1.91. The van der Waals surface area contributed by atoms with E-state index in [1.54, 1.807) is 42.1 Å². The molecule has 0 amide bonds. The van der Waals surface area contributed by atoms with Crippen LogP contribution in [0.3, 0.4) is 0 Å². The van der Waals surface area contributed by atoms with Crippen molar-refractivity contribution >= 4 is 27.5 Å². The number of sulfonamides is 1. The minimum absolute atomic E-state index is 0.0273. The predicted octanol–water partition coefficient (Wildman–Crippen LogP) is 4.61. The lowest BCUT2D eigenvalue weighted by Gasteiger charge is -2.34. The van der Waals surface area contributed by atoms with Crippen molar-refractivity contribution in [3.63, 3.8) is 0 Å². The van der Waals surface area contributed by atoms with Gasteiger partial charge in [0.25, 0.3) is 0 Å². The first-order chi connectivity index (χ1) is 14.6. The van der Waals surface area contributed by atoms with Crippen molar-refractivity contribution in [2.24, 2.45) is 5.73 Å². The quantitative estimate of drug-likeness (QED) is 0.475. The van der Waals surface area contributed by atoms with E-state index in [0.717, 1.165) is 16.0 Å². The fraction of sp³-hybridized carbons (Fsp3) is 0.273. The molecule has 2 aromatic carbocycles. The first kappa shape index (κ1) is 23.6. The van der Waals surface area contributed by atoms with E-state index in [4.69, 9.17) is 5.73 Å². The van der Waals surface area contributed by atoms with E-state index < -0.39 is 25.8 Å². The minimum atomic E-state index is -4.85. The highest BCUT2D eigenvalue weighted by Crippen LogP contribution is 2.36. The third-order valence-corrected chi connectivity index (χ3v) is 7.97. The van der Waals surface area contributed by atoms with Crippen LogP contribution in [0, 0.1) is 0 Å². The molecule has 9 heteroatoms. The summed E-state index contributed by atoms with van der Waals surface area (Å²) in [6.45, 7) is -0.104. The van der Waals surface area contributed by atoms with Crippen LogP contribution in [0.2, 0.25) is 0 Å². The highest BCUT2D eigenvalue weighted by molar-refractivity contribution is 7.98. The second kappa shape index (κ2) is 9.20. The molecule has 2 aromatic rings. The van der Waals surface area contributed by atoms with Crippen molar-refractivity contribution in [2.45, 2.75) is 17.5 Å². The maximum Gasteiger partial charge on any atom is 0.408 e. The molecule has 0 aromatic heterocycles. The van der Waals surface area contributed by atoms with Crippen molar-refractivity contribution in [1.82, 2.24) is 3.89 Å². The van der Waals surface area contributed by atoms with E-state index in [1.807, 2.05) is 36.6 Å². The van der Waals surface area contributed by atoms with Gasteiger partial charge >= 0.3 is 16.2 Å². The number of hydrogen-bond acceptors (Lipinski definition) is 4. The molecule has 1 atom stereocenters. The highest BCUT2D eigenvalue weighted by Gasteiger charge is 2.50. The first-order valence-corrected chi connectivity index (χ1v) is 12.4. The summed E-state index contributed by atoms with van der Waals surface area (Å²) in [5, 5.41) is 0. The molecular weight excluding hydrogens is 445 g/mol. The Kier molecular flexibility index (Phi) is 7.00. The predicted molar refractivity (Wildman–Crippen MR) is 120 cm³/mol. The second-order valence-corrected chi connectivity index (χ2v) is 10.3. The number of rotatable bonds is 7. The Labute approximate surface area is 184 Å². The Morgan fingerprint density at radius 2 is 1.81 bits per heavy atom. The Morgan fingerprint density at radius 1 is 1.10 bits per heavy atom. The van der Waals surface area contributed by atoms with Gasteiger partial charge in [-0.2, -0.15) is 25.5 Å². The van der Waals surface area contributed by atoms with Gasteiger partial charge in [-0.1, -0.05) is 30.3 Å². The van der Waals surface area contributed by atoms with Crippen LogP contribution in [0.15, 0.2) is 77.4 Å². The zero-order valence-electron chi connectivity index (χ0n) is 17.0. The Bertz CT molecular complexity index is 1090. The summed E-state index contributed by atoms with van der Waals surface area (Å²) in [5.41, 5.74) is 8.25. The molecule has 3 rings (SSSR count). The number of thioether (sulfide) groups is 1. The van der Waals surface area contributed by atoms with Crippen LogP contribution >= 0.6 is 11.8 Å². The van der Waals surface area contributed by atoms with E-state index in [-0.39, 0.29) is 18.8 Å². The molecule has 1 unspecified atom stereocenters. The van der Waals surface area contributed by atoms with E-state index in [0.29, 0.717) is 12.0 Å². The van der Waals surface area contributed by atoms with Gasteiger partial charge < -0.3 is 5.73 Å². The summed E-state index contributed by atoms with van der Waals surface area (Å²) in [6.07, 6.45) is 2.21. The summed E-state index contributed by atoms with van der Waals surface area (Å²) in [4.78, 5) is 1.12. The normalized spacial score (nSPS) is 19.3. The molecule has 166 valence electrons. The average Bonchev–Trinajstić information content (AvgIpc) is 2.72. The molecule has 4 nitrogen and oxygen atoms in total. The molecule has 0 saturated heterocycles. The van der Waals surface area contributed by atoms with Crippen LogP contribution < -0.4 is 9.62 Å². The molecule has 0 radical (unpaired) electrons. The fourth-order valence-corrected chi connectivity index (χ4v) is 5.68. The van der Waals surface area contributed by atoms with Gasteiger partial charge in [0.1, 0.15) is 12.7 Å². The van der Waals surface area contributed by atoms with Crippen LogP contribution in [0.1, 0.15) is 11.1 Å². The van der Waals surface area contributed by atoms with E-state index in [9.17, 15) is 21.6 Å². The maximum atomic E-state index is 13.1. The number of alkyl halides is 3. The topological polar surface area (TPSA) is 60.2 Å². The lowest BCUT2D eigenvalue weighted by atomic mass is 10.0. The summed E-state index contributed by atoms with van der Waals surface area (Å²) < 4.78 is 64.6. The summed E-state index contributed by atoms with van der Waals surface area (Å²) in [7, 11) is -4.67. The molecule has 2 N–H and O–H groups in total. The lowest BCUT2D eigenvalue weighted by Crippen LogP contribution is -2.54. The van der Waals surface area contributed by atoms with Gasteiger partial charge in [0.05, 0.1) is 0 Å². The van der Waals surface area contributed by atoms with Gasteiger partial charge in [-0.05, 0) is 42.0 Å². The highest BCUT2D eigenvalue weighted by atomic mass is 32.2. The van der Waals surface area contributed by atoms with E-state index in [1.165, 1.54) is 6.20 Å². The largest absolute Gasteiger partial charge is 0.408 e. The zero-order chi connectivity index (χ0) is 22.7. The molecule has 1 heterocycles. The SMILES string of the molecule is CSc1ccc(Cc2cccc([N+]3(S(=O)(=O)CC(F)(F)F)C=C(CN)C=CC3)c2)cc1. The third kappa shape index (κ3) is 5.41. The lowest BCUT2D eigenvalue weighted by molar-refractivity contribution is -0.106. The second-order valence-electron chi connectivity index (χ2n) is 7.32. The molecule has 31 heavy (non-hydrogen) atoms. The van der Waals surface area contributed by atoms with Gasteiger partial charge in [-0.3, -0.25) is 0 Å². The summed E-state index contributed by atoms with van der Waals surface area (Å²) in [6, 6.07) is 14.7. The van der Waals surface area contributed by atoms with Crippen molar-refractivity contribution in [3.8, 4) is 0 Å². The maximum absolute atomic E-state index is 13.1. The minimum Gasteiger partial charge on any atom is -0.326 e. The van der Waals surface area contributed by atoms with Crippen molar-refractivity contribution in [1.29, 1.82) is 0 Å². The first-order valence-electron chi connectivity index (χ1n) is 9.57. The molecule has 1 aliphatic rings. The molecule has 0 aliphatic carbocycles. The van der Waals surface area contributed by atoms with E-state index in [2.05, 4.69) is 0 Å². The molecule has 0 fully saturated rings. The number of nitrogens with two attached hydrogens (primary N) is 1. The van der Waals surface area contributed by atoms with Crippen LogP contribution in [0.25, 0.3) is 0 Å². The zero-order valence-corrected chi connectivity index (χ0v) is 18.6. The number of halogens is 3. The van der Waals surface area contributed by atoms with Gasteiger partial charge in [0.15, 0.2) is 11.4 Å². The number of nitrogens with zero attached hydrogens (tertiary/aromatic N) is 1. The number of benzene rings is 2. The molecule has 0 saturated carbocycles. The number of quaternary nitrogens is 1. The van der Waals surface area contributed by atoms with Crippen molar-refractivity contribution in [3.05, 3.63) is 83.6 Å². The Balaban J connectivity index is 2.05. The fourth-order valence-electron chi connectivity index (χ4n) is 3.58. The summed E-state index contributed by atoms with van der Waals surface area (Å²) >= 11 is 1.63. The molecule has 0 spiro atoms. The van der Waals surface area contributed by atoms with Crippen LogP contribution in [-0.2, 0) is 16.4 Å². The van der Waals surface area contributed by atoms with Crippen LogP contribution in [0.4, 0.5) is 18.9 Å². The molecule has 1 aliphatic heterocycles.